The standard InChI is InChI=1S/C39H39N3O6.BIS/c1-45-34-16-6-7-17-35(34)46-21-20-42(22-26(43)24-47-36-18-8-14-32-38(36)28-10-2-4-12-30(28)40-32)23-27(44)25-48-37-19-9-15-33-39(37)29-11-3-5-13-31(29)41-33;2-1-3/h2-19,26-27,40-41,43-44H,20-25H2,1H3;. The monoisotopic (exact) mass is 815 g/mol. The van der Waals surface area contributed by atoms with Gasteiger partial charge in [-0.05, 0) is 48.5 Å². The predicted molar refractivity (Wildman–Crippen MR) is 217 cm³/mol. The van der Waals surface area contributed by atoms with Crippen molar-refractivity contribution in [3.8, 4) is 23.0 Å². The Morgan fingerprint density at radius 2 is 1.06 bits per heavy atom. The minimum absolute atomic E-state index is 0.0810. The summed E-state index contributed by atoms with van der Waals surface area (Å²) in [5.41, 5.74) is 4.01. The van der Waals surface area contributed by atoms with Crippen LogP contribution in [-0.2, 0) is 0 Å². The number of aliphatic hydroxyl groups excluding tert-OH is 2. The van der Waals surface area contributed by atoms with E-state index in [4.69, 9.17) is 18.9 Å². The number of halogens is 1. The summed E-state index contributed by atoms with van der Waals surface area (Å²) in [5.74, 6) is 2.68. The summed E-state index contributed by atoms with van der Waals surface area (Å²) < 4.78 is 25.4. The van der Waals surface area contributed by atoms with Crippen LogP contribution in [0.5, 0.6) is 23.0 Å². The molecule has 9 nitrogen and oxygen atoms in total. The molecule has 5 aromatic carbocycles. The number of aromatic amines is 2. The van der Waals surface area contributed by atoms with Gasteiger partial charge in [-0.15, -0.1) is 0 Å². The van der Waals surface area contributed by atoms with Gasteiger partial charge in [-0.1, -0.05) is 60.7 Å². The molecule has 0 fully saturated rings. The third-order valence-electron chi connectivity index (χ3n) is 8.52. The van der Waals surface area contributed by atoms with Crippen LogP contribution in [0, 0.1) is 0 Å². The van der Waals surface area contributed by atoms with Crippen molar-refractivity contribution in [3.63, 3.8) is 0 Å². The molecule has 12 heteroatoms. The first-order chi connectivity index (χ1) is 25.0. The Hall–Kier alpha value is -4.21. The molecule has 2 aromatic heterocycles. The molecule has 2 unspecified atom stereocenters. The number of ether oxygens (including phenoxy) is 4. The fourth-order valence-electron chi connectivity index (χ4n) is 6.33. The normalized spacial score (nSPS) is 12.4. The van der Waals surface area contributed by atoms with Crippen molar-refractivity contribution < 1.29 is 29.2 Å². The maximum atomic E-state index is 11.2. The fourth-order valence-corrected chi connectivity index (χ4v) is 6.33. The molecule has 0 radical (unpaired) electrons. The first-order valence-corrected chi connectivity index (χ1v) is 18.3. The Bertz CT molecular complexity index is 2090. The first kappa shape index (κ1) is 36.6. The van der Waals surface area contributed by atoms with Gasteiger partial charge >= 0.3 is 38.4 Å². The van der Waals surface area contributed by atoms with E-state index in [2.05, 4.69) is 34.2 Å². The van der Waals surface area contributed by atoms with Crippen LogP contribution in [0.4, 0.5) is 0 Å². The quantitative estimate of drug-likeness (QED) is 0.0617. The SMILES string of the molecule is COc1ccccc1OCCN(CC(O)COc1cccc2[nH]c3ccccc3c12)CC(O)COc1cccc2[nH]c3ccccc3c12.S=BI. The van der Waals surface area contributed by atoms with E-state index in [1.54, 1.807) is 11.1 Å². The number of H-pyrrole nitrogens is 2. The van der Waals surface area contributed by atoms with Gasteiger partial charge in [0.15, 0.2) is 11.5 Å². The molecule has 4 N–H and O–H groups in total. The molecule has 0 bridgehead atoms. The summed E-state index contributed by atoms with van der Waals surface area (Å²) in [7, 11) is 1.61. The third-order valence-corrected chi connectivity index (χ3v) is 8.52. The van der Waals surface area contributed by atoms with Gasteiger partial charge in [-0.3, -0.25) is 4.90 Å². The molecule has 7 rings (SSSR count). The number of para-hydroxylation sites is 4. The Kier molecular flexibility index (Phi) is 12.8. The fraction of sp³-hybridized carbons (Fsp3) is 0.231. The van der Waals surface area contributed by atoms with Crippen LogP contribution in [-0.4, -0.2) is 87.9 Å². The van der Waals surface area contributed by atoms with Crippen molar-refractivity contribution >= 4 is 82.1 Å². The summed E-state index contributed by atoms with van der Waals surface area (Å²) in [6.07, 6.45) is -1.66. The molecular weight excluding hydrogens is 776 g/mol. The second-order valence-corrected chi connectivity index (χ2v) is 13.7. The predicted octanol–water partition coefficient (Wildman–Crippen LogP) is 7.68. The van der Waals surface area contributed by atoms with Crippen molar-refractivity contribution in [1.29, 1.82) is 0 Å². The average Bonchev–Trinajstić information content (AvgIpc) is 3.73. The van der Waals surface area contributed by atoms with E-state index in [0.717, 1.165) is 43.6 Å². The minimum atomic E-state index is -0.829. The molecule has 2 atom stereocenters. The van der Waals surface area contributed by atoms with E-state index in [-0.39, 0.29) is 26.3 Å². The van der Waals surface area contributed by atoms with Crippen LogP contribution >= 0.6 is 34.4 Å². The van der Waals surface area contributed by atoms with Gasteiger partial charge in [0.25, 0.3) is 0 Å². The Morgan fingerprint density at radius 1 is 0.627 bits per heavy atom. The van der Waals surface area contributed by atoms with E-state index in [1.165, 1.54) is 0 Å². The Morgan fingerprint density at radius 3 is 1.57 bits per heavy atom. The van der Waals surface area contributed by atoms with Gasteiger partial charge in [0.1, 0.15) is 43.5 Å². The van der Waals surface area contributed by atoms with Crippen LogP contribution in [0.1, 0.15) is 0 Å². The molecular formula is C39H39BIN3O6S. The molecule has 0 aliphatic carbocycles. The van der Waals surface area contributed by atoms with E-state index in [1.807, 2.05) is 124 Å². The molecule has 0 spiro atoms. The van der Waals surface area contributed by atoms with Crippen molar-refractivity contribution in [2.45, 2.75) is 12.2 Å². The number of rotatable bonds is 15. The molecule has 0 saturated carbocycles. The van der Waals surface area contributed by atoms with Crippen molar-refractivity contribution in [2.75, 3.05) is 46.6 Å². The molecule has 7 aromatic rings. The van der Waals surface area contributed by atoms with E-state index in [0.29, 0.717) is 36.1 Å². The summed E-state index contributed by atoms with van der Waals surface area (Å²) in [5, 5.41) is 26.5. The third kappa shape index (κ3) is 9.00. The number of hydrogen-bond donors (Lipinski definition) is 4. The van der Waals surface area contributed by atoms with Crippen LogP contribution in [0.3, 0.4) is 0 Å². The summed E-state index contributed by atoms with van der Waals surface area (Å²) in [6.45, 7) is 1.45. The van der Waals surface area contributed by atoms with E-state index >= 15 is 0 Å². The van der Waals surface area contributed by atoms with Gasteiger partial charge < -0.3 is 39.1 Å². The number of hydrogen-bond acceptors (Lipinski definition) is 8. The zero-order valence-electron chi connectivity index (χ0n) is 28.1. The number of aromatic nitrogens is 2. The van der Waals surface area contributed by atoms with Crippen LogP contribution in [0.2, 0.25) is 0 Å². The molecule has 2 heterocycles. The maximum absolute atomic E-state index is 11.2. The summed E-state index contributed by atoms with van der Waals surface area (Å²) in [4.78, 5) is 8.83. The van der Waals surface area contributed by atoms with Gasteiger partial charge in [0, 0.05) is 52.2 Å². The second-order valence-electron chi connectivity index (χ2n) is 12.0. The van der Waals surface area contributed by atoms with Gasteiger partial charge in [-0.2, -0.15) is 0 Å². The number of fused-ring (bicyclic) bond motifs is 6. The zero-order valence-corrected chi connectivity index (χ0v) is 31.1. The number of methoxy groups -OCH3 is 1. The van der Waals surface area contributed by atoms with Crippen LogP contribution in [0.25, 0.3) is 43.6 Å². The molecule has 0 aliphatic heterocycles. The summed E-state index contributed by atoms with van der Waals surface area (Å²) in [6, 6.07) is 35.4. The summed E-state index contributed by atoms with van der Waals surface area (Å²) >= 11 is 6.23. The van der Waals surface area contributed by atoms with E-state index in [9.17, 15) is 10.2 Å². The van der Waals surface area contributed by atoms with E-state index < -0.39 is 12.2 Å². The Balaban J connectivity index is 0.00000144. The number of benzene rings is 5. The molecule has 262 valence electrons. The Labute approximate surface area is 315 Å². The average molecular weight is 816 g/mol. The van der Waals surface area contributed by atoms with Gasteiger partial charge in [0.2, 0.25) is 0 Å². The van der Waals surface area contributed by atoms with Crippen LogP contribution < -0.4 is 18.9 Å². The number of nitrogens with zero attached hydrogens (tertiary/aromatic N) is 1. The zero-order chi connectivity index (χ0) is 35.6. The molecule has 0 amide bonds. The first-order valence-electron chi connectivity index (χ1n) is 16.6. The van der Waals surface area contributed by atoms with Crippen molar-refractivity contribution in [1.82, 2.24) is 14.9 Å². The van der Waals surface area contributed by atoms with Gasteiger partial charge in [-0.25, -0.2) is 0 Å². The topological polar surface area (TPSA) is 112 Å². The van der Waals surface area contributed by atoms with Crippen molar-refractivity contribution in [3.05, 3.63) is 109 Å². The van der Waals surface area contributed by atoms with Crippen LogP contribution in [0.15, 0.2) is 109 Å². The molecule has 0 aliphatic rings. The van der Waals surface area contributed by atoms with Crippen molar-refractivity contribution in [2.24, 2.45) is 0 Å². The molecule has 51 heavy (non-hydrogen) atoms. The number of aliphatic hydroxyl groups is 2. The molecule has 0 saturated heterocycles. The second kappa shape index (κ2) is 17.8. The number of nitrogens with one attached hydrogen (secondary N) is 2. The van der Waals surface area contributed by atoms with Gasteiger partial charge in [0.05, 0.1) is 18.1 Å².